The molecular weight excluding hydrogens is 352 g/mol. The number of hydrogen-bond donors (Lipinski definition) is 0. The van der Waals surface area contributed by atoms with Gasteiger partial charge in [0.25, 0.3) is 0 Å². The van der Waals surface area contributed by atoms with E-state index in [1.54, 1.807) is 0 Å². The molecule has 0 fully saturated rings. The second-order valence-electron chi connectivity index (χ2n) is 7.17. The van der Waals surface area contributed by atoms with E-state index in [4.69, 9.17) is 0 Å². The van der Waals surface area contributed by atoms with Crippen LogP contribution in [0.2, 0.25) is 0 Å². The molecule has 0 spiro atoms. The van der Waals surface area contributed by atoms with Crippen molar-refractivity contribution in [3.05, 3.63) is 121 Å². The Morgan fingerprint density at radius 2 is 1.31 bits per heavy atom. The Hall–Kier alpha value is -3.78. The van der Waals surface area contributed by atoms with Crippen molar-refractivity contribution in [3.63, 3.8) is 0 Å². The number of aromatic nitrogens is 2. The van der Waals surface area contributed by atoms with Crippen LogP contribution in [0.5, 0.6) is 0 Å². The third kappa shape index (κ3) is 3.65. The van der Waals surface area contributed by atoms with E-state index in [-0.39, 0.29) is 0 Å². The van der Waals surface area contributed by atoms with Gasteiger partial charge >= 0.3 is 0 Å². The summed E-state index contributed by atoms with van der Waals surface area (Å²) in [6.07, 6.45) is 4.60. The summed E-state index contributed by atoms with van der Waals surface area (Å²) in [5.74, 6) is 0. The molecule has 0 unspecified atom stereocenters. The lowest BCUT2D eigenvalue weighted by Crippen LogP contribution is -1.92. The van der Waals surface area contributed by atoms with Gasteiger partial charge in [-0.15, -0.1) is 0 Å². The smallest absolute Gasteiger partial charge is 0.0780 e. The van der Waals surface area contributed by atoms with Gasteiger partial charge < -0.3 is 0 Å². The van der Waals surface area contributed by atoms with Crippen molar-refractivity contribution in [1.29, 1.82) is 0 Å². The van der Waals surface area contributed by atoms with E-state index < -0.39 is 0 Å². The number of nitrogens with zero attached hydrogens (tertiary/aromatic N) is 2. The average Bonchev–Trinajstić information content (AvgIpc) is 2.80. The molecule has 0 saturated carbocycles. The van der Waals surface area contributed by atoms with Crippen molar-refractivity contribution < 1.29 is 0 Å². The lowest BCUT2D eigenvalue weighted by molar-refractivity contribution is 1.19. The van der Waals surface area contributed by atoms with Crippen molar-refractivity contribution in [1.82, 2.24) is 9.97 Å². The van der Waals surface area contributed by atoms with Gasteiger partial charge in [0, 0.05) is 28.9 Å². The third-order valence-electron chi connectivity index (χ3n) is 5.17. The molecule has 3 aromatic carbocycles. The lowest BCUT2D eigenvalue weighted by Gasteiger charge is -2.09. The molecule has 0 aliphatic carbocycles. The highest BCUT2D eigenvalue weighted by molar-refractivity contribution is 5.94. The Labute approximate surface area is 170 Å². The first-order chi connectivity index (χ1) is 14.4. The molecular formula is C27H20N2. The van der Waals surface area contributed by atoms with E-state index >= 15 is 0 Å². The number of hydrogen-bond acceptors (Lipinski definition) is 2. The quantitative estimate of drug-likeness (QED) is 0.357. The zero-order valence-corrected chi connectivity index (χ0v) is 16.0. The van der Waals surface area contributed by atoms with Gasteiger partial charge in [0.15, 0.2) is 0 Å². The van der Waals surface area contributed by atoms with Gasteiger partial charge in [0.2, 0.25) is 0 Å². The van der Waals surface area contributed by atoms with E-state index in [0.717, 1.165) is 28.9 Å². The molecule has 2 aromatic heterocycles. The predicted molar refractivity (Wildman–Crippen MR) is 120 cm³/mol. The molecule has 2 heteroatoms. The third-order valence-corrected chi connectivity index (χ3v) is 5.17. The second kappa shape index (κ2) is 7.69. The molecule has 2 nitrogen and oxygen atoms in total. The minimum atomic E-state index is 0.874. The van der Waals surface area contributed by atoms with Crippen molar-refractivity contribution in [2.24, 2.45) is 0 Å². The largest absolute Gasteiger partial charge is 0.256 e. The molecule has 0 atom stereocenters. The van der Waals surface area contributed by atoms with Crippen LogP contribution >= 0.6 is 0 Å². The van der Waals surface area contributed by atoms with Crippen LogP contribution in [-0.4, -0.2) is 9.97 Å². The summed E-state index contributed by atoms with van der Waals surface area (Å²) in [5, 5.41) is 2.40. The van der Waals surface area contributed by atoms with E-state index in [9.17, 15) is 0 Å². The maximum Gasteiger partial charge on any atom is 0.0780 e. The maximum absolute atomic E-state index is 4.67. The maximum atomic E-state index is 4.67. The minimum absolute atomic E-state index is 0.874. The fourth-order valence-corrected chi connectivity index (χ4v) is 3.79. The molecule has 0 radical (unpaired) electrons. The van der Waals surface area contributed by atoms with Gasteiger partial charge in [-0.05, 0) is 53.3 Å². The van der Waals surface area contributed by atoms with Crippen molar-refractivity contribution in [2.45, 2.75) is 6.42 Å². The van der Waals surface area contributed by atoms with Crippen LogP contribution in [0, 0.1) is 0 Å². The highest BCUT2D eigenvalue weighted by Gasteiger charge is 2.07. The molecule has 0 bridgehead atoms. The van der Waals surface area contributed by atoms with E-state index in [1.807, 2.05) is 30.6 Å². The molecule has 29 heavy (non-hydrogen) atoms. The number of rotatable bonds is 4. The van der Waals surface area contributed by atoms with Gasteiger partial charge in [-0.1, -0.05) is 66.7 Å². The number of benzene rings is 3. The highest BCUT2D eigenvalue weighted by atomic mass is 14.7. The molecule has 5 aromatic rings. The fourth-order valence-electron chi connectivity index (χ4n) is 3.79. The van der Waals surface area contributed by atoms with Crippen LogP contribution in [0.3, 0.4) is 0 Å². The summed E-state index contributed by atoms with van der Waals surface area (Å²) >= 11 is 0. The molecule has 0 aliphatic rings. The van der Waals surface area contributed by atoms with Crippen molar-refractivity contribution >= 4 is 10.8 Å². The minimum Gasteiger partial charge on any atom is -0.256 e. The standard InChI is InChI=1S/C27H20N2/c1-2-12-25-22(9-1)14-16-29-27(25)24-11-6-8-21(19-24)17-20-7-5-10-23(18-20)26-13-3-4-15-28-26/h1-16,18-19H,17H2. The Morgan fingerprint density at radius 1 is 0.552 bits per heavy atom. The Balaban J connectivity index is 1.48. The van der Waals surface area contributed by atoms with Crippen molar-refractivity contribution in [3.8, 4) is 22.5 Å². The van der Waals surface area contributed by atoms with Gasteiger partial charge in [-0.2, -0.15) is 0 Å². The van der Waals surface area contributed by atoms with Crippen LogP contribution in [0.15, 0.2) is 109 Å². The molecule has 0 N–H and O–H groups in total. The molecule has 2 heterocycles. The van der Waals surface area contributed by atoms with Crippen LogP contribution in [-0.2, 0) is 6.42 Å². The topological polar surface area (TPSA) is 25.8 Å². The lowest BCUT2D eigenvalue weighted by atomic mass is 9.98. The molecule has 0 saturated heterocycles. The van der Waals surface area contributed by atoms with Crippen LogP contribution < -0.4 is 0 Å². The number of fused-ring (bicyclic) bond motifs is 1. The first-order valence-corrected chi connectivity index (χ1v) is 9.80. The Kier molecular flexibility index (Phi) is 4.59. The van der Waals surface area contributed by atoms with Gasteiger partial charge in [0.05, 0.1) is 11.4 Å². The molecule has 138 valence electrons. The summed E-state index contributed by atoms with van der Waals surface area (Å²) in [6, 6.07) is 33.8. The van der Waals surface area contributed by atoms with Crippen molar-refractivity contribution in [2.75, 3.05) is 0 Å². The monoisotopic (exact) mass is 372 g/mol. The predicted octanol–water partition coefficient (Wildman–Crippen LogP) is 6.55. The van der Waals surface area contributed by atoms with Gasteiger partial charge in [-0.25, -0.2) is 0 Å². The zero-order chi connectivity index (χ0) is 19.5. The summed E-state index contributed by atoms with van der Waals surface area (Å²) in [7, 11) is 0. The molecule has 0 aliphatic heterocycles. The normalized spacial score (nSPS) is 10.9. The SMILES string of the molecule is c1ccc(-c2cccc(Cc3cccc(-c4nccc5ccccc45)c3)c2)nc1. The van der Waals surface area contributed by atoms with Gasteiger partial charge in [-0.3, -0.25) is 9.97 Å². The molecule has 0 amide bonds. The summed E-state index contributed by atoms with van der Waals surface area (Å²) < 4.78 is 0. The van der Waals surface area contributed by atoms with Gasteiger partial charge in [0.1, 0.15) is 0 Å². The van der Waals surface area contributed by atoms with Crippen LogP contribution in [0.4, 0.5) is 0 Å². The second-order valence-corrected chi connectivity index (χ2v) is 7.17. The van der Waals surface area contributed by atoms with Crippen LogP contribution in [0.25, 0.3) is 33.3 Å². The van der Waals surface area contributed by atoms with E-state index in [1.165, 1.54) is 21.9 Å². The Bertz CT molecular complexity index is 1270. The summed E-state index contributed by atoms with van der Waals surface area (Å²) in [5.41, 5.74) is 6.89. The Morgan fingerprint density at radius 3 is 2.14 bits per heavy atom. The number of pyridine rings is 2. The first-order valence-electron chi connectivity index (χ1n) is 9.80. The summed E-state index contributed by atoms with van der Waals surface area (Å²) in [4.78, 5) is 9.14. The average molecular weight is 372 g/mol. The highest BCUT2D eigenvalue weighted by Crippen LogP contribution is 2.28. The van der Waals surface area contributed by atoms with E-state index in [0.29, 0.717) is 0 Å². The van der Waals surface area contributed by atoms with E-state index in [2.05, 4.69) is 88.8 Å². The zero-order valence-electron chi connectivity index (χ0n) is 16.0. The first kappa shape index (κ1) is 17.3. The fraction of sp³-hybridized carbons (Fsp3) is 0.0370. The summed E-state index contributed by atoms with van der Waals surface area (Å²) in [6.45, 7) is 0. The van der Waals surface area contributed by atoms with Crippen LogP contribution in [0.1, 0.15) is 11.1 Å². The molecule has 5 rings (SSSR count).